The van der Waals surface area contributed by atoms with Gasteiger partial charge < -0.3 is 36.8 Å². The number of aromatic hydroxyl groups is 1. The van der Waals surface area contributed by atoms with Gasteiger partial charge in [0.05, 0.1) is 11.6 Å². The zero-order chi connectivity index (χ0) is 26.1. The van der Waals surface area contributed by atoms with Crippen molar-refractivity contribution in [2.75, 3.05) is 33.1 Å². The number of fused-ring (bicyclic) bond motifs is 3. The second kappa shape index (κ2) is 9.07. The van der Waals surface area contributed by atoms with Crippen molar-refractivity contribution in [2.45, 2.75) is 31.0 Å². The van der Waals surface area contributed by atoms with E-state index in [0.717, 1.165) is 0 Å². The number of aliphatic hydroxyl groups is 3. The molecule has 0 spiro atoms. The van der Waals surface area contributed by atoms with Gasteiger partial charge in [-0.3, -0.25) is 19.3 Å². The summed E-state index contributed by atoms with van der Waals surface area (Å²) in [6.07, 6.45) is 0.262. The van der Waals surface area contributed by atoms with Gasteiger partial charge in [-0.2, -0.15) is 0 Å². The van der Waals surface area contributed by atoms with E-state index in [1.165, 1.54) is 4.90 Å². The first-order chi connectivity index (χ1) is 16.3. The molecule has 8 N–H and O–H groups in total. The van der Waals surface area contributed by atoms with Crippen molar-refractivity contribution >= 4 is 41.3 Å². The third kappa shape index (κ3) is 3.49. The molecular weight excluding hydrogens is 492 g/mol. The summed E-state index contributed by atoms with van der Waals surface area (Å²) < 4.78 is 0. The van der Waals surface area contributed by atoms with Crippen molar-refractivity contribution in [3.05, 3.63) is 39.7 Å². The maximum atomic E-state index is 13.8. The fourth-order valence-electron chi connectivity index (χ4n) is 5.90. The average Bonchev–Trinajstić information content (AvgIpc) is 2.75. The van der Waals surface area contributed by atoms with Gasteiger partial charge in [0.25, 0.3) is 5.91 Å². The third-order valence-corrected chi connectivity index (χ3v) is 7.48. The smallest absolute Gasteiger partial charge is 0.255 e. The van der Waals surface area contributed by atoms with Gasteiger partial charge in [-0.25, -0.2) is 0 Å². The van der Waals surface area contributed by atoms with Gasteiger partial charge in [0.15, 0.2) is 11.4 Å². The first-order valence-corrected chi connectivity index (χ1v) is 11.2. The molecule has 0 unspecified atom stereocenters. The lowest BCUT2D eigenvalue weighted by molar-refractivity contribution is -0.153. The summed E-state index contributed by atoms with van der Waals surface area (Å²) in [5, 5.41) is 44.6. The number of benzene rings is 1. The lowest BCUT2D eigenvalue weighted by atomic mass is 9.57. The molecule has 11 nitrogen and oxygen atoms in total. The van der Waals surface area contributed by atoms with E-state index in [-0.39, 0.29) is 48.7 Å². The maximum absolute atomic E-state index is 13.8. The lowest BCUT2D eigenvalue weighted by Crippen LogP contribution is -2.65. The number of primary amides is 1. The molecule has 1 aromatic rings. The Bertz CT molecular complexity index is 1240. The molecule has 0 aliphatic heterocycles. The molecular formula is C24H31ClN4O7. The Hall–Kier alpha value is -3.12. The van der Waals surface area contributed by atoms with Gasteiger partial charge in [0.2, 0.25) is 5.78 Å². The summed E-state index contributed by atoms with van der Waals surface area (Å²) in [5.74, 6) is -6.74. The fourth-order valence-corrected chi connectivity index (χ4v) is 5.90. The van der Waals surface area contributed by atoms with Crippen LogP contribution in [0.1, 0.15) is 23.1 Å². The van der Waals surface area contributed by atoms with E-state index < -0.39 is 58.0 Å². The molecule has 4 rings (SSSR count). The molecule has 0 bridgehead atoms. The molecule has 1 fully saturated rings. The van der Waals surface area contributed by atoms with E-state index in [4.69, 9.17) is 11.5 Å². The van der Waals surface area contributed by atoms with Crippen LogP contribution in [-0.2, 0) is 27.3 Å². The Morgan fingerprint density at radius 1 is 1.17 bits per heavy atom. The Morgan fingerprint density at radius 3 is 2.28 bits per heavy atom. The number of nitrogens with zero attached hydrogens (tertiary/aromatic N) is 2. The third-order valence-electron chi connectivity index (χ3n) is 7.48. The SMILES string of the molecule is CN(C)c1cc(CN)c(O)c2c1C[C@H]1C[C@H]3[C@H](N(C)C)C(=O)C(C(N)=O)=C(O)[C@@]3(O)C(=O)C1=C2O.Cl. The monoisotopic (exact) mass is 522 g/mol. The fraction of sp³-hybridized carbons (Fsp3) is 0.458. The number of nitrogens with two attached hydrogens (primary N) is 2. The first-order valence-electron chi connectivity index (χ1n) is 11.2. The Labute approximate surface area is 214 Å². The molecule has 196 valence electrons. The zero-order valence-corrected chi connectivity index (χ0v) is 21.2. The molecule has 4 atom stereocenters. The van der Waals surface area contributed by atoms with Crippen LogP contribution in [0.3, 0.4) is 0 Å². The molecule has 12 heteroatoms. The van der Waals surface area contributed by atoms with Crippen LogP contribution in [0.4, 0.5) is 5.69 Å². The minimum Gasteiger partial charge on any atom is -0.508 e. The normalized spacial score (nSPS) is 27.4. The van der Waals surface area contributed by atoms with Crippen molar-refractivity contribution in [2.24, 2.45) is 23.3 Å². The van der Waals surface area contributed by atoms with Crippen molar-refractivity contribution in [1.29, 1.82) is 0 Å². The van der Waals surface area contributed by atoms with Crippen molar-refractivity contribution in [3.8, 4) is 5.75 Å². The number of halogens is 1. The molecule has 3 aliphatic carbocycles. The number of phenols is 1. The van der Waals surface area contributed by atoms with E-state index in [0.29, 0.717) is 16.8 Å². The quantitative estimate of drug-likeness (QED) is 0.291. The zero-order valence-electron chi connectivity index (χ0n) is 20.4. The van der Waals surface area contributed by atoms with Gasteiger partial charge in [0, 0.05) is 43.4 Å². The van der Waals surface area contributed by atoms with E-state index in [2.05, 4.69) is 0 Å². The molecule has 0 radical (unpaired) electrons. The standard InChI is InChI=1S/C24H30N4O7.ClH/c1-27(2)13-7-10(8-25)18(29)15-11(13)5-9-6-12-17(28(3)4)20(31)16(23(26)34)22(33)24(12,35)21(32)14(9)19(15)30;/h7,9,12,17,29-30,33,35H,5-6,8,25H2,1-4H3,(H2,26,34);1H/t9-,12-,17-,24-;/m0./s1. The van der Waals surface area contributed by atoms with Crippen LogP contribution in [0.25, 0.3) is 5.76 Å². The Kier molecular flexibility index (Phi) is 6.92. The van der Waals surface area contributed by atoms with Crippen LogP contribution < -0.4 is 16.4 Å². The number of aliphatic hydroxyl groups excluding tert-OH is 2. The second-order valence-corrected chi connectivity index (χ2v) is 9.82. The highest BCUT2D eigenvalue weighted by atomic mass is 35.5. The van der Waals surface area contributed by atoms with Crippen LogP contribution in [0.5, 0.6) is 5.75 Å². The number of anilines is 1. The minimum atomic E-state index is -2.66. The van der Waals surface area contributed by atoms with Crippen molar-refractivity contribution in [1.82, 2.24) is 4.90 Å². The second-order valence-electron chi connectivity index (χ2n) is 9.82. The van der Waals surface area contributed by atoms with Gasteiger partial charge >= 0.3 is 0 Å². The topological polar surface area (TPSA) is 191 Å². The van der Waals surface area contributed by atoms with Gasteiger partial charge in [-0.15, -0.1) is 12.4 Å². The number of hydrogen-bond donors (Lipinski definition) is 6. The van der Waals surface area contributed by atoms with Crippen LogP contribution in [0, 0.1) is 11.8 Å². The van der Waals surface area contributed by atoms with E-state index in [1.54, 1.807) is 39.2 Å². The summed E-state index contributed by atoms with van der Waals surface area (Å²) in [6.45, 7) is -0.0237. The summed E-state index contributed by atoms with van der Waals surface area (Å²) in [5.41, 5.74) is 9.10. The number of carbonyl (C=O) groups is 3. The predicted octanol–water partition coefficient (Wildman–Crippen LogP) is -0.0895. The summed E-state index contributed by atoms with van der Waals surface area (Å²) in [6, 6.07) is 0.599. The molecule has 0 saturated heterocycles. The summed E-state index contributed by atoms with van der Waals surface area (Å²) in [4.78, 5) is 42.2. The van der Waals surface area contributed by atoms with Crippen LogP contribution in [0.2, 0.25) is 0 Å². The van der Waals surface area contributed by atoms with Crippen LogP contribution in [0.15, 0.2) is 23.0 Å². The van der Waals surface area contributed by atoms with Crippen molar-refractivity contribution in [3.63, 3.8) is 0 Å². The van der Waals surface area contributed by atoms with Crippen LogP contribution in [-0.4, -0.2) is 82.6 Å². The molecule has 1 aromatic carbocycles. The number of phenolic OH excluding ortho intramolecular Hbond substituents is 1. The minimum absolute atomic E-state index is 0. The molecule has 3 aliphatic rings. The molecule has 1 saturated carbocycles. The molecule has 36 heavy (non-hydrogen) atoms. The number of likely N-dealkylation sites (N-methyl/N-ethyl adjacent to an activating group) is 1. The van der Waals surface area contributed by atoms with Gasteiger partial charge in [0.1, 0.15) is 22.8 Å². The molecule has 0 heterocycles. The highest BCUT2D eigenvalue weighted by Crippen LogP contribution is 2.54. The van der Waals surface area contributed by atoms with Crippen LogP contribution >= 0.6 is 12.4 Å². The Morgan fingerprint density at radius 2 is 1.78 bits per heavy atom. The predicted molar refractivity (Wildman–Crippen MR) is 134 cm³/mol. The number of carbonyl (C=O) groups excluding carboxylic acids is 3. The number of rotatable bonds is 4. The van der Waals surface area contributed by atoms with Crippen molar-refractivity contribution < 1.29 is 34.8 Å². The van der Waals surface area contributed by atoms with Gasteiger partial charge in [-0.1, -0.05) is 0 Å². The lowest BCUT2D eigenvalue weighted by Gasteiger charge is -2.50. The number of hydrogen-bond acceptors (Lipinski definition) is 10. The number of Topliss-reactive ketones (excluding diaryl/α,β-unsaturated/α-hetero) is 2. The number of ketones is 2. The highest BCUT2D eigenvalue weighted by molar-refractivity contribution is 6.24. The molecule has 1 amide bonds. The van der Waals surface area contributed by atoms with E-state index >= 15 is 0 Å². The summed E-state index contributed by atoms with van der Waals surface area (Å²) in [7, 11) is 6.71. The largest absolute Gasteiger partial charge is 0.508 e. The first kappa shape index (κ1) is 27.5. The molecule has 0 aromatic heterocycles. The summed E-state index contributed by atoms with van der Waals surface area (Å²) >= 11 is 0. The van der Waals surface area contributed by atoms with Gasteiger partial charge in [-0.05, 0) is 44.5 Å². The highest BCUT2D eigenvalue weighted by Gasteiger charge is 2.64. The Balaban J connectivity index is 0.00000361. The number of amides is 1. The van der Waals surface area contributed by atoms with E-state index in [9.17, 15) is 34.8 Å². The average molecular weight is 523 g/mol. The van der Waals surface area contributed by atoms with E-state index in [1.807, 2.05) is 0 Å². The maximum Gasteiger partial charge on any atom is 0.255 e.